The topological polar surface area (TPSA) is 69.7 Å². The van der Waals surface area contributed by atoms with Crippen molar-refractivity contribution in [1.29, 1.82) is 0 Å². The third-order valence-electron chi connectivity index (χ3n) is 6.34. The lowest BCUT2D eigenvalue weighted by Gasteiger charge is -2.20. The van der Waals surface area contributed by atoms with Gasteiger partial charge < -0.3 is 15.1 Å². The lowest BCUT2D eigenvalue weighted by Crippen LogP contribution is -2.30. The molecule has 2 aliphatic heterocycles. The smallest absolute Gasteiger partial charge is 0.230 e. The van der Waals surface area contributed by atoms with Crippen molar-refractivity contribution in [2.75, 3.05) is 28.2 Å². The van der Waals surface area contributed by atoms with Crippen molar-refractivity contribution in [2.24, 2.45) is 11.8 Å². The first kappa shape index (κ1) is 19.7. The number of amides is 3. The lowest BCUT2D eigenvalue weighted by molar-refractivity contribution is -0.122. The normalized spacial score (nSPS) is 20.2. The molecule has 0 bridgehead atoms. The Balaban J connectivity index is 1.29. The Morgan fingerprint density at radius 1 is 1.10 bits per heavy atom. The predicted octanol–water partition coefficient (Wildman–Crippen LogP) is 3.42. The molecule has 2 aromatic carbocycles. The Labute approximate surface area is 180 Å². The van der Waals surface area contributed by atoms with Crippen molar-refractivity contribution in [2.45, 2.75) is 32.6 Å². The molecule has 1 saturated carbocycles. The van der Waals surface area contributed by atoms with Crippen LogP contribution in [0.15, 0.2) is 36.4 Å². The summed E-state index contributed by atoms with van der Waals surface area (Å²) in [6.45, 7) is 2.71. The molecule has 160 valence electrons. The third kappa shape index (κ3) is 3.69. The quantitative estimate of drug-likeness (QED) is 0.822. The molecule has 0 spiro atoms. The number of halogens is 1. The van der Waals surface area contributed by atoms with Crippen LogP contribution in [0.3, 0.4) is 0 Å². The molecule has 3 aliphatic rings. The van der Waals surface area contributed by atoms with Crippen LogP contribution in [0.1, 0.15) is 30.4 Å². The zero-order valence-corrected chi connectivity index (χ0v) is 17.4. The molecule has 1 saturated heterocycles. The summed E-state index contributed by atoms with van der Waals surface area (Å²) in [6.07, 6.45) is 2.80. The van der Waals surface area contributed by atoms with Gasteiger partial charge in [0.15, 0.2) is 0 Å². The average Bonchev–Trinajstić information content (AvgIpc) is 3.40. The average molecular weight is 421 g/mol. The fourth-order valence-corrected chi connectivity index (χ4v) is 4.42. The minimum Gasteiger partial charge on any atom is -0.323 e. The standard InChI is InChI=1S/C24H24FN3O3/c1-14-2-6-20(19(25)10-14)26-23(30)17-12-22(29)28(13-17)18-5-7-21-16(11-18)8-9-27(21)24(31)15-3-4-15/h2,5-7,10-11,15,17H,3-4,8-9,12-13H2,1H3,(H,26,30)/t17-/m1/s1. The number of carbonyl (C=O) groups is 3. The Morgan fingerprint density at radius 3 is 2.65 bits per heavy atom. The Bertz CT molecular complexity index is 1100. The molecule has 5 rings (SSSR count). The molecule has 0 aromatic heterocycles. The van der Waals surface area contributed by atoms with E-state index < -0.39 is 11.7 Å². The highest BCUT2D eigenvalue weighted by molar-refractivity contribution is 6.04. The molecule has 2 fully saturated rings. The van der Waals surface area contributed by atoms with E-state index in [9.17, 15) is 18.8 Å². The number of aryl methyl sites for hydroxylation is 1. The van der Waals surface area contributed by atoms with E-state index in [1.807, 2.05) is 23.1 Å². The number of benzene rings is 2. The Morgan fingerprint density at radius 2 is 1.90 bits per heavy atom. The van der Waals surface area contributed by atoms with Crippen molar-refractivity contribution < 1.29 is 18.8 Å². The second-order valence-electron chi connectivity index (χ2n) is 8.71. The first-order valence-corrected chi connectivity index (χ1v) is 10.7. The van der Waals surface area contributed by atoms with Crippen LogP contribution < -0.4 is 15.1 Å². The summed E-state index contributed by atoms with van der Waals surface area (Å²) < 4.78 is 14.1. The summed E-state index contributed by atoms with van der Waals surface area (Å²) in [5, 5.41) is 2.61. The van der Waals surface area contributed by atoms with Crippen LogP contribution in [-0.2, 0) is 20.8 Å². The highest BCUT2D eigenvalue weighted by Crippen LogP contribution is 2.38. The van der Waals surface area contributed by atoms with Gasteiger partial charge in [-0.1, -0.05) is 6.07 Å². The number of carbonyl (C=O) groups excluding carboxylic acids is 3. The largest absolute Gasteiger partial charge is 0.323 e. The summed E-state index contributed by atoms with van der Waals surface area (Å²) >= 11 is 0. The number of rotatable bonds is 4. The van der Waals surface area contributed by atoms with Crippen LogP contribution in [0.5, 0.6) is 0 Å². The van der Waals surface area contributed by atoms with Crippen LogP contribution in [0.2, 0.25) is 0 Å². The zero-order valence-electron chi connectivity index (χ0n) is 17.4. The minimum atomic E-state index is -0.547. The van der Waals surface area contributed by atoms with E-state index >= 15 is 0 Å². The van der Waals surface area contributed by atoms with E-state index in [0.29, 0.717) is 6.54 Å². The van der Waals surface area contributed by atoms with Gasteiger partial charge in [-0.3, -0.25) is 14.4 Å². The van der Waals surface area contributed by atoms with Crippen molar-refractivity contribution in [3.63, 3.8) is 0 Å². The van der Waals surface area contributed by atoms with Gasteiger partial charge in [0.25, 0.3) is 0 Å². The van der Waals surface area contributed by atoms with E-state index in [0.717, 1.165) is 41.8 Å². The molecule has 2 aromatic rings. The highest BCUT2D eigenvalue weighted by atomic mass is 19.1. The van der Waals surface area contributed by atoms with E-state index in [1.165, 1.54) is 12.1 Å². The molecule has 0 radical (unpaired) electrons. The summed E-state index contributed by atoms with van der Waals surface area (Å²) in [6, 6.07) is 10.3. The molecule has 1 N–H and O–H groups in total. The van der Waals surface area contributed by atoms with Crippen molar-refractivity contribution in [3.8, 4) is 0 Å². The lowest BCUT2D eigenvalue weighted by atomic mass is 10.1. The number of fused-ring (bicyclic) bond motifs is 1. The predicted molar refractivity (Wildman–Crippen MR) is 115 cm³/mol. The molecule has 6 nitrogen and oxygen atoms in total. The van der Waals surface area contributed by atoms with Gasteiger partial charge in [0.05, 0.1) is 11.6 Å². The first-order valence-electron chi connectivity index (χ1n) is 10.7. The highest BCUT2D eigenvalue weighted by Gasteiger charge is 2.38. The first-order chi connectivity index (χ1) is 14.9. The second kappa shape index (κ2) is 7.48. The van der Waals surface area contributed by atoms with Crippen molar-refractivity contribution >= 4 is 34.8 Å². The van der Waals surface area contributed by atoms with Crippen LogP contribution >= 0.6 is 0 Å². The van der Waals surface area contributed by atoms with Crippen molar-refractivity contribution in [3.05, 3.63) is 53.3 Å². The minimum absolute atomic E-state index is 0.0860. The number of hydrogen-bond donors (Lipinski definition) is 1. The van der Waals surface area contributed by atoms with Gasteiger partial charge in [0, 0.05) is 36.8 Å². The number of nitrogens with zero attached hydrogens (tertiary/aromatic N) is 2. The molecule has 0 unspecified atom stereocenters. The number of nitrogens with one attached hydrogen (secondary N) is 1. The van der Waals surface area contributed by atoms with Gasteiger partial charge >= 0.3 is 0 Å². The van der Waals surface area contributed by atoms with E-state index in [4.69, 9.17) is 0 Å². The number of anilines is 3. The third-order valence-corrected chi connectivity index (χ3v) is 6.34. The Hall–Kier alpha value is -3.22. The summed E-state index contributed by atoms with van der Waals surface area (Å²) in [5.41, 5.74) is 3.61. The summed E-state index contributed by atoms with van der Waals surface area (Å²) in [7, 11) is 0. The van der Waals surface area contributed by atoms with Gasteiger partial charge in [-0.15, -0.1) is 0 Å². The van der Waals surface area contributed by atoms with Gasteiger partial charge in [0.1, 0.15) is 5.82 Å². The van der Waals surface area contributed by atoms with Crippen LogP contribution in [0, 0.1) is 24.6 Å². The van der Waals surface area contributed by atoms with Crippen molar-refractivity contribution in [1.82, 2.24) is 0 Å². The maximum Gasteiger partial charge on any atom is 0.230 e. The monoisotopic (exact) mass is 421 g/mol. The SMILES string of the molecule is Cc1ccc(NC(=O)[C@@H]2CC(=O)N(c3ccc4c(c3)CCN4C(=O)C3CC3)C2)c(F)c1. The molecule has 31 heavy (non-hydrogen) atoms. The number of hydrogen-bond acceptors (Lipinski definition) is 3. The summed E-state index contributed by atoms with van der Waals surface area (Å²) in [5.74, 6) is -1.16. The van der Waals surface area contributed by atoms with Gasteiger partial charge in [0.2, 0.25) is 17.7 Å². The Kier molecular flexibility index (Phi) is 4.76. The molecule has 3 amide bonds. The molecule has 2 heterocycles. The van der Waals surface area contributed by atoms with Crippen LogP contribution in [0.4, 0.5) is 21.5 Å². The zero-order chi connectivity index (χ0) is 21.7. The van der Waals surface area contributed by atoms with Gasteiger partial charge in [-0.05, 0) is 67.6 Å². The van der Waals surface area contributed by atoms with E-state index in [1.54, 1.807) is 17.9 Å². The maximum atomic E-state index is 14.1. The van der Waals surface area contributed by atoms with Gasteiger partial charge in [-0.25, -0.2) is 4.39 Å². The molecule has 1 atom stereocenters. The molecule has 1 aliphatic carbocycles. The fraction of sp³-hybridized carbons (Fsp3) is 0.375. The van der Waals surface area contributed by atoms with Crippen LogP contribution in [-0.4, -0.2) is 30.8 Å². The van der Waals surface area contributed by atoms with Crippen LogP contribution in [0.25, 0.3) is 0 Å². The molecule has 7 heteroatoms. The molecular weight excluding hydrogens is 397 g/mol. The van der Waals surface area contributed by atoms with E-state index in [2.05, 4.69) is 5.32 Å². The summed E-state index contributed by atoms with van der Waals surface area (Å²) in [4.78, 5) is 41.2. The van der Waals surface area contributed by atoms with E-state index in [-0.39, 0.29) is 42.3 Å². The molecular formula is C24H24FN3O3. The fourth-order valence-electron chi connectivity index (χ4n) is 4.42. The van der Waals surface area contributed by atoms with Gasteiger partial charge in [-0.2, -0.15) is 0 Å². The maximum absolute atomic E-state index is 14.1. The second-order valence-corrected chi connectivity index (χ2v) is 8.71.